The maximum Gasteiger partial charge on any atom is 0.0895 e. The van der Waals surface area contributed by atoms with Gasteiger partial charge in [-0.25, -0.2) is 0 Å². The van der Waals surface area contributed by atoms with Crippen molar-refractivity contribution in [1.29, 1.82) is 0 Å². The smallest absolute Gasteiger partial charge is 0.0895 e. The Labute approximate surface area is 101 Å². The molecule has 0 aliphatic carbocycles. The molecule has 0 saturated heterocycles. The molecule has 0 amide bonds. The average molecular weight is 225 g/mol. The molecule has 0 N–H and O–H groups in total. The van der Waals surface area contributed by atoms with Crippen molar-refractivity contribution in [2.75, 3.05) is 0 Å². The predicted octanol–water partition coefficient (Wildman–Crippen LogP) is 3.05. The first-order valence-corrected chi connectivity index (χ1v) is 5.64. The molecular weight excluding hydrogens is 210 g/mol. The normalized spacial score (nSPS) is 13.4. The van der Waals surface area contributed by atoms with E-state index >= 15 is 0 Å². The lowest BCUT2D eigenvalue weighted by Crippen LogP contribution is -2.02. The molecule has 3 heteroatoms. The topological polar surface area (TPSA) is 38.1 Å². The van der Waals surface area contributed by atoms with Crippen molar-refractivity contribution in [2.45, 2.75) is 19.9 Å². The Hall–Kier alpha value is -2.03. The standard InChI is InChI=1S/C14H15N3/c1-11(13-7-3-5-9-15-13)17-12(2)14-8-4-6-10-16-14/h3-11H,1-2H3/b17-12+/t11-/m0/s1. The Morgan fingerprint density at radius 2 is 1.76 bits per heavy atom. The molecule has 0 aromatic carbocycles. The molecule has 0 unspecified atom stereocenters. The summed E-state index contributed by atoms with van der Waals surface area (Å²) in [6.07, 6.45) is 3.57. The van der Waals surface area contributed by atoms with Gasteiger partial charge in [-0.2, -0.15) is 0 Å². The van der Waals surface area contributed by atoms with E-state index in [1.54, 1.807) is 12.4 Å². The Morgan fingerprint density at radius 1 is 1.06 bits per heavy atom. The molecule has 3 nitrogen and oxygen atoms in total. The van der Waals surface area contributed by atoms with Gasteiger partial charge in [0.25, 0.3) is 0 Å². The van der Waals surface area contributed by atoms with Crippen molar-refractivity contribution in [1.82, 2.24) is 9.97 Å². The van der Waals surface area contributed by atoms with Crippen molar-refractivity contribution >= 4 is 5.71 Å². The van der Waals surface area contributed by atoms with E-state index in [0.29, 0.717) is 0 Å². The molecule has 2 heterocycles. The van der Waals surface area contributed by atoms with Gasteiger partial charge in [0.05, 0.1) is 23.1 Å². The summed E-state index contributed by atoms with van der Waals surface area (Å²) in [6.45, 7) is 4.01. The van der Waals surface area contributed by atoms with E-state index in [4.69, 9.17) is 0 Å². The molecule has 0 aliphatic heterocycles. The predicted molar refractivity (Wildman–Crippen MR) is 69.1 cm³/mol. The number of nitrogens with zero attached hydrogens (tertiary/aromatic N) is 3. The van der Waals surface area contributed by atoms with Crippen LogP contribution in [0.3, 0.4) is 0 Å². The molecule has 2 aromatic heterocycles. The number of hydrogen-bond acceptors (Lipinski definition) is 3. The summed E-state index contributed by atoms with van der Waals surface area (Å²) in [4.78, 5) is 13.2. The lowest BCUT2D eigenvalue weighted by molar-refractivity contribution is 0.782. The highest BCUT2D eigenvalue weighted by molar-refractivity contribution is 5.96. The van der Waals surface area contributed by atoms with Gasteiger partial charge < -0.3 is 0 Å². The second-order valence-corrected chi connectivity index (χ2v) is 3.86. The summed E-state index contributed by atoms with van der Waals surface area (Å²) >= 11 is 0. The Balaban J connectivity index is 2.20. The summed E-state index contributed by atoms with van der Waals surface area (Å²) in [5.41, 5.74) is 2.82. The van der Waals surface area contributed by atoms with Gasteiger partial charge in [0.15, 0.2) is 0 Å². The van der Waals surface area contributed by atoms with E-state index in [0.717, 1.165) is 17.1 Å². The zero-order chi connectivity index (χ0) is 12.1. The van der Waals surface area contributed by atoms with Gasteiger partial charge in [0.1, 0.15) is 0 Å². The third-order valence-electron chi connectivity index (χ3n) is 2.54. The van der Waals surface area contributed by atoms with Gasteiger partial charge in [-0.15, -0.1) is 0 Å². The quantitative estimate of drug-likeness (QED) is 0.753. The van der Waals surface area contributed by atoms with Crippen molar-refractivity contribution in [2.24, 2.45) is 4.99 Å². The molecule has 2 aromatic rings. The molecule has 0 spiro atoms. The lowest BCUT2D eigenvalue weighted by atomic mass is 10.2. The van der Waals surface area contributed by atoms with E-state index in [1.165, 1.54) is 0 Å². The fourth-order valence-corrected chi connectivity index (χ4v) is 1.62. The van der Waals surface area contributed by atoms with Gasteiger partial charge in [-0.05, 0) is 38.1 Å². The van der Waals surface area contributed by atoms with Gasteiger partial charge >= 0.3 is 0 Å². The number of pyridine rings is 2. The Morgan fingerprint density at radius 3 is 2.35 bits per heavy atom. The second kappa shape index (κ2) is 5.34. The molecule has 86 valence electrons. The van der Waals surface area contributed by atoms with Gasteiger partial charge in [0.2, 0.25) is 0 Å². The fraction of sp³-hybridized carbons (Fsp3) is 0.214. The van der Waals surface area contributed by atoms with Crippen LogP contribution in [0.1, 0.15) is 31.3 Å². The molecule has 17 heavy (non-hydrogen) atoms. The first kappa shape index (κ1) is 11.5. The minimum atomic E-state index is 0.0539. The van der Waals surface area contributed by atoms with Gasteiger partial charge in [0, 0.05) is 12.4 Å². The van der Waals surface area contributed by atoms with Crippen molar-refractivity contribution in [3.05, 3.63) is 60.2 Å². The van der Waals surface area contributed by atoms with Gasteiger partial charge in [-0.3, -0.25) is 15.0 Å². The number of aliphatic imine (C=N–C) groups is 1. The van der Waals surface area contributed by atoms with Crippen LogP contribution in [0.5, 0.6) is 0 Å². The van der Waals surface area contributed by atoms with E-state index in [-0.39, 0.29) is 6.04 Å². The third-order valence-corrected chi connectivity index (χ3v) is 2.54. The molecule has 2 rings (SSSR count). The number of hydrogen-bond donors (Lipinski definition) is 0. The Bertz CT molecular complexity index is 491. The van der Waals surface area contributed by atoms with E-state index in [2.05, 4.69) is 15.0 Å². The second-order valence-electron chi connectivity index (χ2n) is 3.86. The SMILES string of the molecule is C/C(=N\[C@@H](C)c1ccccn1)c1ccccn1. The first-order chi connectivity index (χ1) is 8.27. The van der Waals surface area contributed by atoms with Crippen LogP contribution in [0.15, 0.2) is 53.8 Å². The molecule has 0 aliphatic rings. The minimum Gasteiger partial charge on any atom is -0.278 e. The van der Waals surface area contributed by atoms with E-state index in [1.807, 2.05) is 50.2 Å². The number of aromatic nitrogens is 2. The van der Waals surface area contributed by atoms with Crippen molar-refractivity contribution in [3.8, 4) is 0 Å². The molecule has 0 fully saturated rings. The minimum absolute atomic E-state index is 0.0539. The largest absolute Gasteiger partial charge is 0.278 e. The van der Waals surface area contributed by atoms with Crippen LogP contribution in [-0.4, -0.2) is 15.7 Å². The van der Waals surface area contributed by atoms with Crippen LogP contribution in [0.25, 0.3) is 0 Å². The molecular formula is C14H15N3. The molecule has 1 atom stereocenters. The van der Waals surface area contributed by atoms with Crippen LogP contribution < -0.4 is 0 Å². The summed E-state index contributed by atoms with van der Waals surface area (Å²) in [7, 11) is 0. The van der Waals surface area contributed by atoms with E-state index in [9.17, 15) is 0 Å². The maximum absolute atomic E-state index is 4.61. The zero-order valence-corrected chi connectivity index (χ0v) is 10.0. The monoisotopic (exact) mass is 225 g/mol. The first-order valence-electron chi connectivity index (χ1n) is 5.64. The van der Waals surface area contributed by atoms with Crippen LogP contribution in [0.2, 0.25) is 0 Å². The maximum atomic E-state index is 4.61. The third kappa shape index (κ3) is 2.97. The average Bonchev–Trinajstić information content (AvgIpc) is 2.40. The highest BCUT2D eigenvalue weighted by Crippen LogP contribution is 2.14. The van der Waals surface area contributed by atoms with Crippen molar-refractivity contribution < 1.29 is 0 Å². The van der Waals surface area contributed by atoms with Gasteiger partial charge in [-0.1, -0.05) is 12.1 Å². The Kier molecular flexibility index (Phi) is 3.60. The number of rotatable bonds is 3. The molecule has 0 bridgehead atoms. The van der Waals surface area contributed by atoms with Crippen LogP contribution in [0, 0.1) is 0 Å². The summed E-state index contributed by atoms with van der Waals surface area (Å²) in [6, 6.07) is 11.8. The van der Waals surface area contributed by atoms with Crippen LogP contribution in [-0.2, 0) is 0 Å². The lowest BCUT2D eigenvalue weighted by Gasteiger charge is -2.07. The molecule has 0 radical (unpaired) electrons. The van der Waals surface area contributed by atoms with Crippen LogP contribution in [0.4, 0.5) is 0 Å². The molecule has 0 saturated carbocycles. The highest BCUT2D eigenvalue weighted by Gasteiger charge is 2.05. The van der Waals surface area contributed by atoms with Crippen LogP contribution >= 0.6 is 0 Å². The summed E-state index contributed by atoms with van der Waals surface area (Å²) < 4.78 is 0. The summed E-state index contributed by atoms with van der Waals surface area (Å²) in [5, 5.41) is 0. The summed E-state index contributed by atoms with van der Waals surface area (Å²) in [5.74, 6) is 0. The fourth-order valence-electron chi connectivity index (χ4n) is 1.62. The van der Waals surface area contributed by atoms with Crippen molar-refractivity contribution in [3.63, 3.8) is 0 Å². The van der Waals surface area contributed by atoms with E-state index < -0.39 is 0 Å². The highest BCUT2D eigenvalue weighted by atomic mass is 14.9. The zero-order valence-electron chi connectivity index (χ0n) is 10.0.